The number of aromatic amines is 1. The van der Waals surface area contributed by atoms with Crippen molar-refractivity contribution in [3.05, 3.63) is 112 Å². The second-order valence-electron chi connectivity index (χ2n) is 14.5. The fourth-order valence-electron chi connectivity index (χ4n) is 8.00. The predicted molar refractivity (Wildman–Crippen MR) is 193 cm³/mol. The SMILES string of the molecule is CC12Cc3[nH]nc(C(=O)Nc4cnn(C(c5ccccc5)C5CN(CCCCCCOc6cccc(C(=O)c7cscn7)c6)C5)c4)c3CC1C2(F)F. The van der Waals surface area contributed by atoms with Crippen molar-refractivity contribution in [1.82, 2.24) is 29.9 Å². The van der Waals surface area contributed by atoms with E-state index in [1.54, 1.807) is 36.1 Å². The van der Waals surface area contributed by atoms with Crippen molar-refractivity contribution < 1.29 is 23.1 Å². The maximum absolute atomic E-state index is 14.4. The Kier molecular flexibility index (Phi) is 9.24. The predicted octanol–water partition coefficient (Wildman–Crippen LogP) is 7.08. The summed E-state index contributed by atoms with van der Waals surface area (Å²) in [5.74, 6) is -2.94. The Morgan fingerprint density at radius 2 is 1.92 bits per heavy atom. The number of alkyl halides is 2. The summed E-state index contributed by atoms with van der Waals surface area (Å²) < 4.78 is 36.7. The molecule has 3 aromatic heterocycles. The van der Waals surface area contributed by atoms with Crippen LogP contribution in [0.3, 0.4) is 0 Å². The van der Waals surface area contributed by atoms with Gasteiger partial charge in [0.15, 0.2) is 5.69 Å². The van der Waals surface area contributed by atoms with E-state index in [1.165, 1.54) is 11.3 Å². The van der Waals surface area contributed by atoms with Crippen LogP contribution in [0.4, 0.5) is 14.5 Å². The molecule has 1 saturated carbocycles. The van der Waals surface area contributed by atoms with Gasteiger partial charge < -0.3 is 15.0 Å². The maximum atomic E-state index is 14.4. The molecule has 10 nitrogen and oxygen atoms in total. The van der Waals surface area contributed by atoms with Crippen molar-refractivity contribution in [2.24, 2.45) is 17.3 Å². The topological polar surface area (TPSA) is 118 Å². The number of carbonyl (C=O) groups excluding carboxylic acids is 2. The van der Waals surface area contributed by atoms with Gasteiger partial charge in [-0.05, 0) is 43.5 Å². The van der Waals surface area contributed by atoms with Gasteiger partial charge in [-0.1, -0.05) is 62.2 Å². The third kappa shape index (κ3) is 6.56. The quantitative estimate of drug-likeness (QED) is 0.0876. The highest BCUT2D eigenvalue weighted by atomic mass is 32.1. The highest BCUT2D eigenvalue weighted by Gasteiger charge is 2.78. The minimum Gasteiger partial charge on any atom is -0.494 e. The number of anilines is 1. The molecular weight excluding hydrogens is 685 g/mol. The van der Waals surface area contributed by atoms with E-state index in [1.807, 2.05) is 41.2 Å². The molecule has 4 heterocycles. The molecule has 2 N–H and O–H groups in total. The minimum atomic E-state index is -2.72. The number of nitrogens with zero attached hydrogens (tertiary/aromatic N) is 5. The second-order valence-corrected chi connectivity index (χ2v) is 15.3. The second kappa shape index (κ2) is 14.0. The summed E-state index contributed by atoms with van der Waals surface area (Å²) in [6.45, 7) is 5.14. The first-order chi connectivity index (χ1) is 25.2. The molecular formula is C39H41F2N7O3S. The van der Waals surface area contributed by atoms with E-state index < -0.39 is 23.2 Å². The zero-order chi connectivity index (χ0) is 35.9. The van der Waals surface area contributed by atoms with E-state index >= 15 is 0 Å². The average molecular weight is 726 g/mol. The zero-order valence-corrected chi connectivity index (χ0v) is 29.8. The summed E-state index contributed by atoms with van der Waals surface area (Å²) in [4.78, 5) is 32.4. The fourth-order valence-corrected chi connectivity index (χ4v) is 8.54. The molecule has 0 radical (unpaired) electrons. The maximum Gasteiger partial charge on any atom is 0.276 e. The van der Waals surface area contributed by atoms with Gasteiger partial charge in [-0.3, -0.25) is 19.4 Å². The molecule has 1 amide bonds. The summed E-state index contributed by atoms with van der Waals surface area (Å²) in [5.41, 5.74) is 4.74. The van der Waals surface area contributed by atoms with Crippen LogP contribution in [0, 0.1) is 17.3 Å². The Balaban J connectivity index is 0.799. The van der Waals surface area contributed by atoms with Crippen LogP contribution in [0.1, 0.15) is 82.0 Å². The third-order valence-electron chi connectivity index (χ3n) is 11.1. The normalized spacial score (nSPS) is 21.1. The molecule has 3 unspecified atom stereocenters. The van der Waals surface area contributed by atoms with Crippen LogP contribution in [0.5, 0.6) is 5.75 Å². The summed E-state index contributed by atoms with van der Waals surface area (Å²) in [7, 11) is 0. The van der Waals surface area contributed by atoms with Crippen LogP contribution in [-0.4, -0.2) is 73.7 Å². The first kappa shape index (κ1) is 34.3. The molecule has 52 heavy (non-hydrogen) atoms. The molecule has 1 aliphatic heterocycles. The summed E-state index contributed by atoms with van der Waals surface area (Å²) >= 11 is 1.40. The Morgan fingerprint density at radius 1 is 1.10 bits per heavy atom. The molecule has 2 aliphatic carbocycles. The largest absolute Gasteiger partial charge is 0.494 e. The Hall–Kier alpha value is -4.75. The Bertz CT molecular complexity index is 2040. The number of H-pyrrole nitrogens is 1. The lowest BCUT2D eigenvalue weighted by molar-refractivity contribution is 0.0630. The number of ketones is 1. The van der Waals surface area contributed by atoms with Gasteiger partial charge in [-0.2, -0.15) is 10.2 Å². The molecule has 1 saturated heterocycles. The number of amides is 1. The summed E-state index contributed by atoms with van der Waals surface area (Å²) in [5, 5.41) is 16.4. The van der Waals surface area contributed by atoms with E-state index in [2.05, 4.69) is 42.6 Å². The van der Waals surface area contributed by atoms with Gasteiger partial charge in [0, 0.05) is 65.2 Å². The zero-order valence-electron chi connectivity index (χ0n) is 28.9. The number of benzene rings is 2. The van der Waals surface area contributed by atoms with E-state index in [-0.39, 0.29) is 30.4 Å². The number of nitrogens with one attached hydrogen (secondary N) is 2. The van der Waals surface area contributed by atoms with Crippen LogP contribution in [0.25, 0.3) is 0 Å². The minimum absolute atomic E-state index is 0.00321. The lowest BCUT2D eigenvalue weighted by Crippen LogP contribution is -2.50. The molecule has 2 aromatic carbocycles. The van der Waals surface area contributed by atoms with Crippen molar-refractivity contribution in [2.75, 3.05) is 31.6 Å². The summed E-state index contributed by atoms with van der Waals surface area (Å²) in [6.07, 6.45) is 8.05. The van der Waals surface area contributed by atoms with E-state index in [9.17, 15) is 18.4 Å². The number of unbranched alkanes of at least 4 members (excludes halogenated alkanes) is 3. The van der Waals surface area contributed by atoms with Crippen LogP contribution < -0.4 is 10.1 Å². The number of thiazole rings is 1. The number of hydrogen-bond donors (Lipinski definition) is 2. The van der Waals surface area contributed by atoms with Crippen molar-refractivity contribution in [3.8, 4) is 5.75 Å². The molecule has 5 aromatic rings. The van der Waals surface area contributed by atoms with Crippen LogP contribution in [0.15, 0.2) is 77.9 Å². The Morgan fingerprint density at radius 3 is 2.73 bits per heavy atom. The molecule has 13 heteroatoms. The first-order valence-corrected chi connectivity index (χ1v) is 18.9. The first-order valence-electron chi connectivity index (χ1n) is 17.9. The van der Waals surface area contributed by atoms with Gasteiger partial charge >= 0.3 is 0 Å². The molecule has 8 rings (SSSR count). The molecule has 0 bridgehead atoms. The van der Waals surface area contributed by atoms with Gasteiger partial charge in [0.1, 0.15) is 11.4 Å². The smallest absolute Gasteiger partial charge is 0.276 e. The Labute approximate surface area is 304 Å². The number of carbonyl (C=O) groups is 2. The van der Waals surface area contributed by atoms with E-state index in [0.29, 0.717) is 46.5 Å². The lowest BCUT2D eigenvalue weighted by atomic mass is 9.86. The number of aromatic nitrogens is 5. The fraction of sp³-hybridized carbons (Fsp3) is 0.410. The summed E-state index contributed by atoms with van der Waals surface area (Å²) in [6, 6.07) is 17.6. The highest BCUT2D eigenvalue weighted by Crippen LogP contribution is 2.70. The number of ether oxygens (including phenoxy) is 1. The monoisotopic (exact) mass is 725 g/mol. The molecule has 3 aliphatic rings. The van der Waals surface area contributed by atoms with Gasteiger partial charge in [-0.25, -0.2) is 13.8 Å². The van der Waals surface area contributed by atoms with E-state index in [0.717, 1.165) is 50.9 Å². The standard InChI is InChI=1S/C39H41F2N7O3S/c1-38-18-31-30(17-33(38)39(38,40)41)34(46-45-31)37(50)44-28-19-43-48(22-28)35(25-10-5-4-6-11-25)27-20-47(21-27)14-7-2-3-8-15-51-29-13-9-12-26(16-29)36(49)32-23-52-24-42-32/h4-6,9-13,16,19,22-24,27,33,35H,2-3,7-8,14-15,17-18,20-21H2,1H3,(H,44,50)(H,45,46). The van der Waals surface area contributed by atoms with Gasteiger partial charge in [-0.15, -0.1) is 11.3 Å². The highest BCUT2D eigenvalue weighted by molar-refractivity contribution is 7.07. The lowest BCUT2D eigenvalue weighted by Gasteiger charge is -2.43. The third-order valence-corrected chi connectivity index (χ3v) is 11.7. The number of hydrogen-bond acceptors (Lipinski definition) is 8. The number of rotatable bonds is 15. The molecule has 0 spiro atoms. The molecule has 270 valence electrons. The van der Waals surface area contributed by atoms with Crippen molar-refractivity contribution in [2.45, 2.75) is 57.4 Å². The van der Waals surface area contributed by atoms with Crippen LogP contribution in [0.2, 0.25) is 0 Å². The van der Waals surface area contributed by atoms with Gasteiger partial charge in [0.2, 0.25) is 5.78 Å². The van der Waals surface area contributed by atoms with Crippen LogP contribution >= 0.6 is 11.3 Å². The van der Waals surface area contributed by atoms with Gasteiger partial charge in [0.25, 0.3) is 11.8 Å². The van der Waals surface area contributed by atoms with E-state index in [4.69, 9.17) is 4.74 Å². The number of halogens is 2. The van der Waals surface area contributed by atoms with Crippen molar-refractivity contribution in [1.29, 1.82) is 0 Å². The number of likely N-dealkylation sites (tertiary alicyclic amines) is 1. The molecule has 2 fully saturated rings. The molecule has 3 atom stereocenters. The van der Waals surface area contributed by atoms with Crippen molar-refractivity contribution in [3.63, 3.8) is 0 Å². The van der Waals surface area contributed by atoms with Crippen molar-refractivity contribution >= 4 is 28.7 Å². The van der Waals surface area contributed by atoms with Crippen LogP contribution in [-0.2, 0) is 12.8 Å². The van der Waals surface area contributed by atoms with Gasteiger partial charge in [0.05, 0.1) is 30.0 Å². The number of fused-ring (bicyclic) bond motifs is 2. The average Bonchev–Trinajstić information content (AvgIpc) is 3.79.